The maximum Gasteiger partial charge on any atom is 0.282 e. The minimum Gasteiger partial charge on any atom is -0.327 e. The number of hydrogen-bond acceptors (Lipinski definition) is 3. The fourth-order valence-corrected chi connectivity index (χ4v) is 3.21. The molecule has 0 atom stereocenters. The van der Waals surface area contributed by atoms with Crippen LogP contribution in [0.25, 0.3) is 0 Å². The molecule has 0 unspecified atom stereocenters. The van der Waals surface area contributed by atoms with Crippen LogP contribution < -0.4 is 0 Å². The number of rotatable bonds is 10. The van der Waals surface area contributed by atoms with Crippen LogP contribution in [-0.4, -0.2) is 31.1 Å². The molecule has 0 spiro atoms. The topological polar surface area (TPSA) is 27.7 Å². The van der Waals surface area contributed by atoms with Crippen LogP contribution in [0, 0.1) is 5.41 Å². The van der Waals surface area contributed by atoms with Gasteiger partial charge in [-0.05, 0) is 12.8 Å². The van der Waals surface area contributed by atoms with Gasteiger partial charge in [0, 0.05) is 17.2 Å². The number of halogens is 1. The second-order valence-electron chi connectivity index (χ2n) is 6.63. The van der Waals surface area contributed by atoms with Gasteiger partial charge in [0.25, 0.3) is 5.97 Å². The predicted octanol–water partition coefficient (Wildman–Crippen LogP) is 4.63. The van der Waals surface area contributed by atoms with Crippen molar-refractivity contribution in [2.75, 3.05) is 25.2 Å². The van der Waals surface area contributed by atoms with Gasteiger partial charge >= 0.3 is 0 Å². The molecule has 0 aromatic rings. The van der Waals surface area contributed by atoms with Crippen molar-refractivity contribution in [1.29, 1.82) is 0 Å². The van der Waals surface area contributed by atoms with E-state index in [0.29, 0.717) is 0 Å². The van der Waals surface area contributed by atoms with E-state index >= 15 is 0 Å². The lowest BCUT2D eigenvalue weighted by atomic mass is 9.91. The molecule has 0 aromatic carbocycles. The van der Waals surface area contributed by atoms with Crippen LogP contribution in [0.15, 0.2) is 0 Å². The van der Waals surface area contributed by atoms with Crippen molar-refractivity contribution in [3.05, 3.63) is 0 Å². The Hall–Kier alpha value is 0.360. The van der Waals surface area contributed by atoms with Crippen LogP contribution in [-0.2, 0) is 14.2 Å². The van der Waals surface area contributed by atoms with E-state index in [0.717, 1.165) is 38.0 Å². The van der Waals surface area contributed by atoms with E-state index in [1.807, 2.05) is 0 Å². The zero-order valence-electron chi connectivity index (χ0n) is 12.8. The molecule has 4 heteroatoms. The Morgan fingerprint density at radius 3 is 1.70 bits per heavy atom. The van der Waals surface area contributed by atoms with E-state index in [2.05, 4.69) is 22.9 Å². The smallest absolute Gasteiger partial charge is 0.282 e. The Bertz CT molecular complexity index is 258. The standard InChI is InChI=1S/C16H29BrO3/c1-15-12-18-16(19-13-15,20-14-15)10-8-6-4-2-3-5-7-9-11-17/h2-14H2,1H3. The van der Waals surface area contributed by atoms with Gasteiger partial charge in [-0.15, -0.1) is 0 Å². The van der Waals surface area contributed by atoms with Gasteiger partial charge in [0.05, 0.1) is 19.8 Å². The molecule has 3 aliphatic rings. The first-order valence-corrected chi connectivity index (χ1v) is 9.28. The van der Waals surface area contributed by atoms with Gasteiger partial charge in [-0.3, -0.25) is 0 Å². The van der Waals surface area contributed by atoms with E-state index in [1.165, 1.54) is 44.9 Å². The SMILES string of the molecule is CC12COC(CCCCCCCCCCBr)(OC1)OC2. The van der Waals surface area contributed by atoms with Crippen LogP contribution in [0.1, 0.15) is 64.7 Å². The molecule has 0 radical (unpaired) electrons. The third kappa shape index (κ3) is 4.97. The monoisotopic (exact) mass is 348 g/mol. The molecular weight excluding hydrogens is 320 g/mol. The highest BCUT2D eigenvalue weighted by Crippen LogP contribution is 2.40. The molecule has 3 aliphatic heterocycles. The number of hydrogen-bond donors (Lipinski definition) is 0. The van der Waals surface area contributed by atoms with E-state index in [4.69, 9.17) is 14.2 Å². The van der Waals surface area contributed by atoms with Crippen LogP contribution in [0.2, 0.25) is 0 Å². The minimum atomic E-state index is -0.701. The summed E-state index contributed by atoms with van der Waals surface area (Å²) in [6.07, 6.45) is 11.4. The largest absolute Gasteiger partial charge is 0.327 e. The van der Waals surface area contributed by atoms with Crippen LogP contribution in [0.5, 0.6) is 0 Å². The number of ether oxygens (including phenoxy) is 3. The average molecular weight is 349 g/mol. The van der Waals surface area contributed by atoms with Gasteiger partial charge in [-0.25, -0.2) is 0 Å². The predicted molar refractivity (Wildman–Crippen MR) is 84.0 cm³/mol. The highest BCUT2D eigenvalue weighted by molar-refractivity contribution is 9.09. The highest BCUT2D eigenvalue weighted by atomic mass is 79.9. The first-order valence-electron chi connectivity index (χ1n) is 8.16. The lowest BCUT2D eigenvalue weighted by Crippen LogP contribution is -2.58. The maximum atomic E-state index is 5.79. The maximum absolute atomic E-state index is 5.79. The fourth-order valence-electron chi connectivity index (χ4n) is 2.82. The van der Waals surface area contributed by atoms with E-state index in [9.17, 15) is 0 Å². The van der Waals surface area contributed by atoms with Gasteiger partial charge in [-0.2, -0.15) is 0 Å². The van der Waals surface area contributed by atoms with Crippen molar-refractivity contribution in [2.24, 2.45) is 5.41 Å². The third-order valence-electron chi connectivity index (χ3n) is 4.29. The summed E-state index contributed by atoms with van der Waals surface area (Å²) in [6, 6.07) is 0. The van der Waals surface area contributed by atoms with Crippen LogP contribution in [0.3, 0.4) is 0 Å². The summed E-state index contributed by atoms with van der Waals surface area (Å²) in [5.41, 5.74) is 0.0802. The number of alkyl halides is 1. The normalized spacial score (nSPS) is 32.7. The minimum absolute atomic E-state index is 0.0802. The molecule has 20 heavy (non-hydrogen) atoms. The van der Waals surface area contributed by atoms with Crippen molar-refractivity contribution in [1.82, 2.24) is 0 Å². The van der Waals surface area contributed by atoms with E-state index in [1.54, 1.807) is 0 Å². The van der Waals surface area contributed by atoms with Crippen molar-refractivity contribution >= 4 is 15.9 Å². The summed E-state index contributed by atoms with van der Waals surface area (Å²) in [7, 11) is 0. The molecule has 118 valence electrons. The molecule has 3 heterocycles. The summed E-state index contributed by atoms with van der Waals surface area (Å²) >= 11 is 3.47. The summed E-state index contributed by atoms with van der Waals surface area (Å²) in [5.74, 6) is -0.701. The Labute approximate surface area is 131 Å². The summed E-state index contributed by atoms with van der Waals surface area (Å²) in [6.45, 7) is 4.49. The Balaban J connectivity index is 1.47. The molecule has 3 fully saturated rings. The second-order valence-corrected chi connectivity index (χ2v) is 7.42. The molecule has 0 amide bonds. The molecule has 0 saturated carbocycles. The number of unbranched alkanes of at least 4 members (excludes halogenated alkanes) is 7. The zero-order chi connectivity index (χ0) is 14.3. The fraction of sp³-hybridized carbons (Fsp3) is 1.00. The second kappa shape index (κ2) is 8.11. The quantitative estimate of drug-likeness (QED) is 0.425. The lowest BCUT2D eigenvalue weighted by Gasteiger charge is -2.50. The molecule has 0 aliphatic carbocycles. The molecule has 2 bridgehead atoms. The lowest BCUT2D eigenvalue weighted by molar-refractivity contribution is -0.467. The van der Waals surface area contributed by atoms with Crippen molar-refractivity contribution in [3.8, 4) is 0 Å². The molecule has 0 aromatic heterocycles. The first-order chi connectivity index (χ1) is 9.68. The summed E-state index contributed by atoms with van der Waals surface area (Å²) < 4.78 is 17.4. The Morgan fingerprint density at radius 2 is 1.20 bits per heavy atom. The summed E-state index contributed by atoms with van der Waals surface area (Å²) in [4.78, 5) is 0. The molecule has 0 N–H and O–H groups in total. The van der Waals surface area contributed by atoms with Gasteiger partial charge in [0.2, 0.25) is 0 Å². The average Bonchev–Trinajstić information content (AvgIpc) is 2.47. The third-order valence-corrected chi connectivity index (χ3v) is 4.85. The van der Waals surface area contributed by atoms with E-state index < -0.39 is 5.97 Å². The Kier molecular flexibility index (Phi) is 6.79. The van der Waals surface area contributed by atoms with E-state index in [-0.39, 0.29) is 5.41 Å². The first kappa shape index (κ1) is 16.7. The van der Waals surface area contributed by atoms with Crippen molar-refractivity contribution in [3.63, 3.8) is 0 Å². The Morgan fingerprint density at radius 1 is 0.750 bits per heavy atom. The number of fused-ring (bicyclic) bond motifs is 3. The van der Waals surface area contributed by atoms with Gasteiger partial charge in [0.1, 0.15) is 0 Å². The summed E-state index contributed by atoms with van der Waals surface area (Å²) in [5, 5.41) is 1.15. The zero-order valence-corrected chi connectivity index (χ0v) is 14.4. The van der Waals surface area contributed by atoms with Crippen molar-refractivity contribution < 1.29 is 14.2 Å². The molecule has 3 nitrogen and oxygen atoms in total. The highest BCUT2D eigenvalue weighted by Gasteiger charge is 2.49. The van der Waals surface area contributed by atoms with Crippen LogP contribution in [0.4, 0.5) is 0 Å². The molecular formula is C16H29BrO3. The molecule has 3 rings (SSSR count). The molecule has 3 saturated heterocycles. The van der Waals surface area contributed by atoms with Gasteiger partial charge in [0.15, 0.2) is 0 Å². The van der Waals surface area contributed by atoms with Gasteiger partial charge in [-0.1, -0.05) is 61.4 Å². The van der Waals surface area contributed by atoms with Crippen molar-refractivity contribution in [2.45, 2.75) is 70.7 Å². The van der Waals surface area contributed by atoms with Gasteiger partial charge < -0.3 is 14.2 Å². The van der Waals surface area contributed by atoms with Crippen LogP contribution >= 0.6 is 15.9 Å².